The molecule has 1 amide bonds. The lowest BCUT2D eigenvalue weighted by Crippen LogP contribution is -2.52. The molecule has 2 aromatic carbocycles. The topological polar surface area (TPSA) is 134 Å². The van der Waals surface area contributed by atoms with Gasteiger partial charge >= 0.3 is 0 Å². The average molecular weight is 582 g/mol. The van der Waals surface area contributed by atoms with Crippen LogP contribution in [-0.2, 0) is 31.1 Å². The summed E-state index contributed by atoms with van der Waals surface area (Å²) >= 11 is 1.34. The number of nitrogens with zero attached hydrogens (tertiary/aromatic N) is 2. The SMILES string of the molecule is CC(C)CN(C[C@@H](O)C(Cc1ccccc1)NC(=O)[C@H](C)CS(C)(=O)=O)S(=O)(=O)c1ccc2ncsc2c1. The molecule has 3 rings (SSSR count). The predicted molar refractivity (Wildman–Crippen MR) is 150 cm³/mol. The van der Waals surface area contributed by atoms with Gasteiger partial charge in [0.25, 0.3) is 0 Å². The van der Waals surface area contributed by atoms with Gasteiger partial charge in [0.2, 0.25) is 15.9 Å². The third-order valence-corrected chi connectivity index (χ3v) is 9.72. The molecule has 9 nitrogen and oxygen atoms in total. The molecule has 0 bridgehead atoms. The highest BCUT2D eigenvalue weighted by atomic mass is 32.2. The maximum Gasteiger partial charge on any atom is 0.243 e. The monoisotopic (exact) mass is 581 g/mol. The number of hydrogen-bond acceptors (Lipinski definition) is 8. The standard InChI is InChI=1S/C26H35N3O6S3/c1-18(2)14-29(38(34,35)21-10-11-22-25(13-21)36-17-27-22)15-24(30)23(12-20-8-6-5-7-9-20)28-26(31)19(3)16-37(4,32)33/h5-11,13,17-19,23-24,30H,12,14-16H2,1-4H3,(H,28,31)/t19-,23?,24-/m1/s1. The summed E-state index contributed by atoms with van der Waals surface area (Å²) in [6.45, 7) is 5.19. The Morgan fingerprint density at radius 3 is 2.37 bits per heavy atom. The number of benzene rings is 2. The Morgan fingerprint density at radius 1 is 1.05 bits per heavy atom. The van der Waals surface area contributed by atoms with Crippen molar-refractivity contribution >= 4 is 47.3 Å². The summed E-state index contributed by atoms with van der Waals surface area (Å²) in [5, 5.41) is 14.1. The molecule has 3 atom stereocenters. The molecule has 1 aromatic heterocycles. The number of nitrogens with one attached hydrogen (secondary N) is 1. The fraction of sp³-hybridized carbons (Fsp3) is 0.462. The Bertz CT molecular complexity index is 1440. The number of hydrogen-bond donors (Lipinski definition) is 2. The van der Waals surface area contributed by atoms with Gasteiger partial charge < -0.3 is 10.4 Å². The summed E-state index contributed by atoms with van der Waals surface area (Å²) in [4.78, 5) is 17.2. The molecule has 1 unspecified atom stereocenters. The first-order valence-corrected chi connectivity index (χ1v) is 16.7. The van der Waals surface area contributed by atoms with Crippen LogP contribution >= 0.6 is 11.3 Å². The van der Waals surface area contributed by atoms with Crippen LogP contribution in [-0.4, -0.2) is 74.4 Å². The minimum Gasteiger partial charge on any atom is -0.390 e. The summed E-state index contributed by atoms with van der Waals surface area (Å²) in [5.74, 6) is -1.72. The number of aliphatic hydroxyl groups excluding tert-OH is 1. The molecule has 12 heteroatoms. The molecule has 38 heavy (non-hydrogen) atoms. The Hall–Kier alpha value is -2.38. The van der Waals surface area contributed by atoms with Crippen molar-refractivity contribution in [2.24, 2.45) is 11.8 Å². The second-order valence-corrected chi connectivity index (χ2v) is 15.1. The predicted octanol–water partition coefficient (Wildman–Crippen LogP) is 2.71. The molecule has 1 heterocycles. The highest BCUT2D eigenvalue weighted by molar-refractivity contribution is 7.90. The van der Waals surface area contributed by atoms with Gasteiger partial charge in [-0.3, -0.25) is 4.79 Å². The minimum atomic E-state index is -3.98. The van der Waals surface area contributed by atoms with Gasteiger partial charge in [-0.15, -0.1) is 11.3 Å². The van der Waals surface area contributed by atoms with Gasteiger partial charge in [0, 0.05) is 25.3 Å². The fourth-order valence-corrected chi connectivity index (χ4v) is 7.66. The van der Waals surface area contributed by atoms with Gasteiger partial charge in [0.1, 0.15) is 9.84 Å². The van der Waals surface area contributed by atoms with Gasteiger partial charge in [-0.25, -0.2) is 21.8 Å². The van der Waals surface area contributed by atoms with Crippen molar-refractivity contribution in [3.8, 4) is 0 Å². The third-order valence-electron chi connectivity index (χ3n) is 5.99. The highest BCUT2D eigenvalue weighted by Crippen LogP contribution is 2.25. The van der Waals surface area contributed by atoms with Gasteiger partial charge in [-0.1, -0.05) is 51.1 Å². The molecule has 3 aromatic rings. The van der Waals surface area contributed by atoms with Gasteiger partial charge in [-0.05, 0) is 36.1 Å². The van der Waals surface area contributed by atoms with E-state index in [1.807, 2.05) is 44.2 Å². The van der Waals surface area contributed by atoms with E-state index in [2.05, 4.69) is 10.3 Å². The maximum absolute atomic E-state index is 13.7. The number of amides is 1. The lowest BCUT2D eigenvalue weighted by atomic mass is 10.00. The van der Waals surface area contributed by atoms with Crippen molar-refractivity contribution in [1.29, 1.82) is 0 Å². The van der Waals surface area contributed by atoms with E-state index < -0.39 is 43.8 Å². The smallest absolute Gasteiger partial charge is 0.243 e. The number of rotatable bonds is 13. The molecular formula is C26H35N3O6S3. The maximum atomic E-state index is 13.7. The van der Waals surface area contributed by atoms with E-state index in [4.69, 9.17) is 0 Å². The second kappa shape index (κ2) is 12.6. The van der Waals surface area contributed by atoms with E-state index in [1.165, 1.54) is 28.6 Å². The van der Waals surface area contributed by atoms with Crippen molar-refractivity contribution < 1.29 is 26.7 Å². The van der Waals surface area contributed by atoms with Crippen LogP contribution in [0.3, 0.4) is 0 Å². The Balaban J connectivity index is 1.88. The number of carbonyl (C=O) groups is 1. The van der Waals surface area contributed by atoms with Crippen LogP contribution in [0.5, 0.6) is 0 Å². The van der Waals surface area contributed by atoms with Crippen LogP contribution in [0.2, 0.25) is 0 Å². The molecule has 208 valence electrons. The van der Waals surface area contributed by atoms with Crippen LogP contribution in [0, 0.1) is 11.8 Å². The quantitative estimate of drug-likeness (QED) is 0.317. The molecular weight excluding hydrogens is 547 g/mol. The van der Waals surface area contributed by atoms with E-state index in [1.54, 1.807) is 17.6 Å². The number of sulfone groups is 1. The fourth-order valence-electron chi connectivity index (χ4n) is 4.16. The Morgan fingerprint density at radius 2 is 1.74 bits per heavy atom. The van der Waals surface area contributed by atoms with E-state index in [0.717, 1.165) is 16.5 Å². The van der Waals surface area contributed by atoms with Crippen LogP contribution in [0.25, 0.3) is 10.2 Å². The number of aromatic nitrogens is 1. The van der Waals surface area contributed by atoms with Crippen LogP contribution in [0.1, 0.15) is 26.3 Å². The molecule has 0 fully saturated rings. The van der Waals surface area contributed by atoms with Gasteiger partial charge in [0.15, 0.2) is 0 Å². The lowest BCUT2D eigenvalue weighted by Gasteiger charge is -2.31. The number of carbonyl (C=O) groups excluding carboxylic acids is 1. The van der Waals surface area contributed by atoms with Crippen molar-refractivity contribution in [2.75, 3.05) is 25.1 Å². The van der Waals surface area contributed by atoms with Gasteiger partial charge in [-0.2, -0.15) is 4.31 Å². The Kier molecular flexibility index (Phi) is 10.0. The first kappa shape index (κ1) is 30.2. The molecule has 2 N–H and O–H groups in total. The number of sulfonamides is 1. The number of fused-ring (bicyclic) bond motifs is 1. The minimum absolute atomic E-state index is 0.0268. The molecule has 0 aliphatic heterocycles. The van der Waals surface area contributed by atoms with E-state index in [-0.39, 0.29) is 36.1 Å². The van der Waals surface area contributed by atoms with Crippen molar-refractivity contribution in [2.45, 2.75) is 44.2 Å². The number of aliphatic hydroxyl groups is 1. The zero-order chi connectivity index (χ0) is 28.1. The summed E-state index contributed by atoms with van der Waals surface area (Å²) < 4.78 is 52.8. The molecule has 0 saturated heterocycles. The zero-order valence-electron chi connectivity index (χ0n) is 21.9. The van der Waals surface area contributed by atoms with E-state index in [9.17, 15) is 26.7 Å². The van der Waals surface area contributed by atoms with Crippen molar-refractivity contribution in [1.82, 2.24) is 14.6 Å². The summed E-state index contributed by atoms with van der Waals surface area (Å²) in [5.41, 5.74) is 3.19. The van der Waals surface area contributed by atoms with Gasteiger partial charge in [0.05, 0.1) is 38.5 Å². The normalized spacial score (nSPS) is 15.0. The van der Waals surface area contributed by atoms with Crippen LogP contribution in [0.15, 0.2) is 58.9 Å². The van der Waals surface area contributed by atoms with Crippen molar-refractivity contribution in [3.63, 3.8) is 0 Å². The van der Waals surface area contributed by atoms with Crippen LogP contribution < -0.4 is 5.32 Å². The van der Waals surface area contributed by atoms with Crippen molar-refractivity contribution in [3.05, 3.63) is 59.6 Å². The molecule has 0 spiro atoms. The largest absolute Gasteiger partial charge is 0.390 e. The van der Waals surface area contributed by atoms with Crippen LogP contribution in [0.4, 0.5) is 0 Å². The summed E-state index contributed by atoms with van der Waals surface area (Å²) in [6.07, 6.45) is 0.0396. The highest BCUT2D eigenvalue weighted by Gasteiger charge is 2.32. The number of thiazole rings is 1. The zero-order valence-corrected chi connectivity index (χ0v) is 24.4. The molecule has 0 radical (unpaired) electrons. The molecule has 0 aliphatic carbocycles. The first-order valence-electron chi connectivity index (χ1n) is 12.3. The Labute approximate surface area is 228 Å². The third kappa shape index (κ3) is 8.31. The van der Waals surface area contributed by atoms with E-state index >= 15 is 0 Å². The molecule has 0 aliphatic rings. The van der Waals surface area contributed by atoms with E-state index in [0.29, 0.717) is 5.52 Å². The summed E-state index contributed by atoms with van der Waals surface area (Å²) in [6, 6.07) is 13.1. The molecule has 0 saturated carbocycles. The average Bonchev–Trinajstić information content (AvgIpc) is 3.30. The summed E-state index contributed by atoms with van der Waals surface area (Å²) in [7, 11) is -7.37. The first-order chi connectivity index (χ1) is 17.8. The second-order valence-electron chi connectivity index (χ2n) is 10.1. The lowest BCUT2D eigenvalue weighted by molar-refractivity contribution is -0.125.